The topological polar surface area (TPSA) is 117 Å². The van der Waals surface area contributed by atoms with Crippen LogP contribution in [0.2, 0.25) is 0 Å². The second-order valence-electron chi connectivity index (χ2n) is 8.72. The lowest BCUT2D eigenvalue weighted by Gasteiger charge is -2.29. The number of fused-ring (bicyclic) bond motifs is 1. The van der Waals surface area contributed by atoms with E-state index in [0.717, 1.165) is 39.1 Å². The van der Waals surface area contributed by atoms with Gasteiger partial charge in [0.25, 0.3) is 11.5 Å². The van der Waals surface area contributed by atoms with Crippen molar-refractivity contribution < 1.29 is 27.1 Å². The quantitative estimate of drug-likeness (QED) is 0.559. The van der Waals surface area contributed by atoms with E-state index in [2.05, 4.69) is 24.7 Å². The summed E-state index contributed by atoms with van der Waals surface area (Å²) in [5, 5.41) is 0. The molecule has 1 fully saturated rings. The number of hydrogen-bond acceptors (Lipinski definition) is 8. The number of likely N-dealkylation sites (tertiary alicyclic amines) is 1. The number of carbonyl (C=O) groups excluding carboxylic acids is 1. The predicted octanol–water partition coefficient (Wildman–Crippen LogP) is 3.28. The molecule has 3 aromatic rings. The Hall–Kier alpha value is -3.90. The lowest BCUT2D eigenvalue weighted by Crippen LogP contribution is -2.35. The Labute approximate surface area is 210 Å². The summed E-state index contributed by atoms with van der Waals surface area (Å²) in [6, 6.07) is 0.987. The fourth-order valence-corrected chi connectivity index (χ4v) is 4.35. The minimum absolute atomic E-state index is 0.0133. The number of carbonyl (C=O) groups is 1. The van der Waals surface area contributed by atoms with Crippen molar-refractivity contribution in [2.75, 3.05) is 31.6 Å². The number of oxazole rings is 1. The first-order valence-corrected chi connectivity index (χ1v) is 11.7. The molecular formula is C24H27F3N6O4. The van der Waals surface area contributed by atoms with Gasteiger partial charge in [0.2, 0.25) is 11.6 Å². The molecule has 0 bridgehead atoms. The van der Waals surface area contributed by atoms with Crippen LogP contribution in [0.25, 0.3) is 0 Å². The SMILES string of the molecule is COc1ncc(N2CCc3nc[nH]c(=O)c3C2)cc1C(F)(F)F.Cc1nc(C)c(C(=O)N2CCCC2)o1. The summed E-state index contributed by atoms with van der Waals surface area (Å²) >= 11 is 0. The molecule has 0 aliphatic carbocycles. The highest BCUT2D eigenvalue weighted by Crippen LogP contribution is 2.37. The minimum atomic E-state index is -4.57. The number of aryl methyl sites for hydroxylation is 2. The minimum Gasteiger partial charge on any atom is -0.481 e. The number of amides is 1. The van der Waals surface area contributed by atoms with Crippen LogP contribution in [0.1, 0.15) is 51.8 Å². The number of alkyl halides is 3. The lowest BCUT2D eigenvalue weighted by molar-refractivity contribution is -0.139. The molecule has 2 aliphatic heterocycles. The number of nitrogens with zero attached hydrogens (tertiary/aromatic N) is 5. The van der Waals surface area contributed by atoms with Gasteiger partial charge in [-0.3, -0.25) is 9.59 Å². The van der Waals surface area contributed by atoms with Gasteiger partial charge in [-0.15, -0.1) is 0 Å². The second kappa shape index (κ2) is 10.6. The maximum Gasteiger partial charge on any atom is 0.421 e. The number of halogens is 3. The summed E-state index contributed by atoms with van der Waals surface area (Å²) < 4.78 is 49.2. The van der Waals surface area contributed by atoms with Crippen LogP contribution in [0.5, 0.6) is 5.88 Å². The van der Waals surface area contributed by atoms with Crippen LogP contribution in [0.15, 0.2) is 27.8 Å². The van der Waals surface area contributed by atoms with Crippen molar-refractivity contribution >= 4 is 11.6 Å². The molecule has 37 heavy (non-hydrogen) atoms. The molecule has 0 spiro atoms. The molecule has 1 saturated heterocycles. The van der Waals surface area contributed by atoms with Crippen molar-refractivity contribution in [3.8, 4) is 5.88 Å². The number of anilines is 1. The summed E-state index contributed by atoms with van der Waals surface area (Å²) in [5.74, 6) is 0.480. The molecule has 5 rings (SSSR count). The van der Waals surface area contributed by atoms with Gasteiger partial charge in [-0.05, 0) is 25.8 Å². The number of methoxy groups -OCH3 is 1. The molecule has 0 unspecified atom stereocenters. The molecule has 5 heterocycles. The number of hydrogen-bond donors (Lipinski definition) is 1. The molecule has 1 amide bonds. The average molecular weight is 521 g/mol. The van der Waals surface area contributed by atoms with Crippen molar-refractivity contribution in [3.63, 3.8) is 0 Å². The Morgan fingerprint density at radius 2 is 1.89 bits per heavy atom. The number of aromatic amines is 1. The Morgan fingerprint density at radius 1 is 1.16 bits per heavy atom. The molecule has 3 aromatic heterocycles. The summed E-state index contributed by atoms with van der Waals surface area (Å²) in [6.45, 7) is 5.89. The fraction of sp³-hybridized carbons (Fsp3) is 0.458. The van der Waals surface area contributed by atoms with E-state index in [-0.39, 0.29) is 23.7 Å². The second-order valence-corrected chi connectivity index (χ2v) is 8.72. The Bertz CT molecular complexity index is 1330. The molecule has 2 aliphatic rings. The molecule has 198 valence electrons. The molecule has 0 saturated carbocycles. The summed E-state index contributed by atoms with van der Waals surface area (Å²) in [4.78, 5) is 41.6. The van der Waals surface area contributed by atoms with E-state index < -0.39 is 17.6 Å². The van der Waals surface area contributed by atoms with Gasteiger partial charge in [0.15, 0.2) is 5.89 Å². The molecular weight excluding hydrogens is 493 g/mol. The normalized spacial score (nSPS) is 15.2. The highest BCUT2D eigenvalue weighted by Gasteiger charge is 2.36. The van der Waals surface area contributed by atoms with Crippen molar-refractivity contribution in [1.29, 1.82) is 0 Å². The van der Waals surface area contributed by atoms with Crippen LogP contribution in [0, 0.1) is 13.8 Å². The monoisotopic (exact) mass is 520 g/mol. The number of rotatable bonds is 3. The predicted molar refractivity (Wildman–Crippen MR) is 127 cm³/mol. The largest absolute Gasteiger partial charge is 0.481 e. The number of ether oxygens (including phenoxy) is 1. The van der Waals surface area contributed by atoms with Crippen molar-refractivity contribution in [3.05, 3.63) is 63.1 Å². The highest BCUT2D eigenvalue weighted by atomic mass is 19.4. The fourth-order valence-electron chi connectivity index (χ4n) is 4.35. The van der Waals surface area contributed by atoms with Crippen molar-refractivity contribution in [2.24, 2.45) is 0 Å². The number of H-pyrrole nitrogens is 1. The molecule has 0 atom stereocenters. The van der Waals surface area contributed by atoms with E-state index in [1.165, 1.54) is 12.5 Å². The van der Waals surface area contributed by atoms with E-state index >= 15 is 0 Å². The first kappa shape index (κ1) is 26.2. The Morgan fingerprint density at radius 3 is 2.51 bits per heavy atom. The van der Waals surface area contributed by atoms with Gasteiger partial charge < -0.3 is 23.9 Å². The smallest absolute Gasteiger partial charge is 0.421 e. The van der Waals surface area contributed by atoms with Gasteiger partial charge in [-0.25, -0.2) is 15.0 Å². The summed E-state index contributed by atoms with van der Waals surface area (Å²) in [5.41, 5.74) is 0.887. The van der Waals surface area contributed by atoms with Crippen molar-refractivity contribution in [1.82, 2.24) is 24.8 Å². The van der Waals surface area contributed by atoms with Gasteiger partial charge in [-0.2, -0.15) is 13.2 Å². The lowest BCUT2D eigenvalue weighted by atomic mass is 10.1. The number of nitrogens with one attached hydrogen (secondary N) is 1. The van der Waals surface area contributed by atoms with E-state index in [4.69, 9.17) is 4.42 Å². The van der Waals surface area contributed by atoms with Gasteiger partial charge in [-0.1, -0.05) is 0 Å². The number of pyridine rings is 1. The first-order valence-electron chi connectivity index (χ1n) is 11.7. The zero-order valence-electron chi connectivity index (χ0n) is 20.7. The maximum absolute atomic E-state index is 13.1. The summed E-state index contributed by atoms with van der Waals surface area (Å²) in [7, 11) is 1.14. The standard InChI is InChI=1S/C14H13F3N4O2.C10H14N2O2/c1-23-13-10(14(15,16)17)4-8(5-18-13)21-3-2-11-9(6-21)12(22)20-7-19-11;1-7-9(14-8(2)11-7)10(13)12-5-3-4-6-12/h4-5,7H,2-3,6H2,1H3,(H,19,20,22);3-6H2,1-2H3. The van der Waals surface area contributed by atoms with E-state index in [1.807, 2.05) is 4.90 Å². The third kappa shape index (κ3) is 5.75. The molecule has 0 aromatic carbocycles. The van der Waals surface area contributed by atoms with Crippen LogP contribution in [-0.4, -0.2) is 57.5 Å². The van der Waals surface area contributed by atoms with Gasteiger partial charge in [0.1, 0.15) is 5.56 Å². The number of aromatic nitrogens is 4. The average Bonchev–Trinajstić information content (AvgIpc) is 3.53. The molecule has 10 nitrogen and oxygen atoms in total. The van der Waals surface area contributed by atoms with E-state index in [1.54, 1.807) is 18.7 Å². The molecule has 0 radical (unpaired) electrons. The van der Waals surface area contributed by atoms with E-state index in [0.29, 0.717) is 41.6 Å². The highest BCUT2D eigenvalue weighted by molar-refractivity contribution is 5.92. The Kier molecular flexibility index (Phi) is 7.50. The van der Waals surface area contributed by atoms with Crippen LogP contribution in [-0.2, 0) is 19.1 Å². The molecule has 13 heteroatoms. The molecule has 1 N–H and O–H groups in total. The van der Waals surface area contributed by atoms with Crippen LogP contribution in [0.3, 0.4) is 0 Å². The van der Waals surface area contributed by atoms with Crippen LogP contribution in [0.4, 0.5) is 18.9 Å². The maximum atomic E-state index is 13.1. The third-order valence-corrected chi connectivity index (χ3v) is 6.20. The third-order valence-electron chi connectivity index (χ3n) is 6.20. The van der Waals surface area contributed by atoms with Gasteiger partial charge in [0.05, 0.1) is 48.8 Å². The zero-order chi connectivity index (χ0) is 26.7. The van der Waals surface area contributed by atoms with E-state index in [9.17, 15) is 22.8 Å². The van der Waals surface area contributed by atoms with Crippen LogP contribution >= 0.6 is 0 Å². The first-order chi connectivity index (χ1) is 17.6. The van der Waals surface area contributed by atoms with Gasteiger partial charge in [0, 0.05) is 33.0 Å². The van der Waals surface area contributed by atoms with Crippen molar-refractivity contribution in [2.45, 2.75) is 45.8 Å². The van der Waals surface area contributed by atoms with Crippen LogP contribution < -0.4 is 15.2 Å². The zero-order valence-corrected chi connectivity index (χ0v) is 20.7. The van der Waals surface area contributed by atoms with Gasteiger partial charge >= 0.3 is 6.18 Å². The Balaban J connectivity index is 0.000000195. The summed E-state index contributed by atoms with van der Waals surface area (Å²) in [6.07, 6.45) is 0.737.